The summed E-state index contributed by atoms with van der Waals surface area (Å²) in [7, 11) is 0. The summed E-state index contributed by atoms with van der Waals surface area (Å²) in [5.41, 5.74) is 2.88. The maximum Gasteiger partial charge on any atom is 0.275 e. The highest BCUT2D eigenvalue weighted by atomic mass is 35.5. The lowest BCUT2D eigenvalue weighted by atomic mass is 10.1. The topological polar surface area (TPSA) is 32.3 Å². The van der Waals surface area contributed by atoms with E-state index in [1.807, 2.05) is 54.6 Å². The molecule has 0 aliphatic carbocycles. The number of hydrogen-bond donors (Lipinski definition) is 1. The lowest BCUT2D eigenvalue weighted by molar-refractivity contribution is -0.114. The van der Waals surface area contributed by atoms with Gasteiger partial charge in [-0.2, -0.15) is 0 Å². The average molecular weight is 430 g/mol. The number of hydrogen-bond acceptors (Lipinski definition) is 2. The number of nitrogens with one attached hydrogen (secondary N) is 1. The van der Waals surface area contributed by atoms with E-state index >= 15 is 0 Å². The van der Waals surface area contributed by atoms with E-state index in [1.165, 1.54) is 0 Å². The Morgan fingerprint density at radius 2 is 1.46 bits per heavy atom. The van der Waals surface area contributed by atoms with Gasteiger partial charge in [0.25, 0.3) is 5.91 Å². The Kier molecular flexibility index (Phi) is 5.31. The van der Waals surface area contributed by atoms with Crippen LogP contribution in [0, 0.1) is 0 Å². The SMILES string of the molecule is O=C1C(Nc2ccc(Cl)cc2)=CC(c2cccc(Cl)c2)N1c1cccc(Cl)c1. The van der Waals surface area contributed by atoms with Gasteiger partial charge in [-0.15, -0.1) is 0 Å². The Labute approximate surface area is 178 Å². The van der Waals surface area contributed by atoms with E-state index in [4.69, 9.17) is 34.8 Å². The summed E-state index contributed by atoms with van der Waals surface area (Å²) in [6.45, 7) is 0. The molecule has 3 aromatic rings. The minimum atomic E-state index is -0.306. The highest BCUT2D eigenvalue weighted by Gasteiger charge is 2.35. The van der Waals surface area contributed by atoms with Crippen LogP contribution in [0.4, 0.5) is 11.4 Å². The molecule has 0 fully saturated rings. The van der Waals surface area contributed by atoms with Gasteiger partial charge in [0, 0.05) is 26.4 Å². The third-order valence-electron chi connectivity index (χ3n) is 4.45. The van der Waals surface area contributed by atoms with Crippen LogP contribution in [0.1, 0.15) is 11.6 Å². The van der Waals surface area contributed by atoms with E-state index in [-0.39, 0.29) is 11.9 Å². The van der Waals surface area contributed by atoms with Gasteiger partial charge in [-0.25, -0.2) is 0 Å². The average Bonchev–Trinajstić information content (AvgIpc) is 3.00. The van der Waals surface area contributed by atoms with E-state index in [0.29, 0.717) is 26.5 Å². The van der Waals surface area contributed by atoms with Crippen LogP contribution in [0.15, 0.2) is 84.6 Å². The molecule has 0 saturated carbocycles. The normalized spacial score (nSPS) is 16.2. The Bertz CT molecular complexity index is 1060. The van der Waals surface area contributed by atoms with Crippen molar-refractivity contribution >= 4 is 52.1 Å². The number of carbonyl (C=O) groups excluding carboxylic acids is 1. The first-order chi connectivity index (χ1) is 13.5. The summed E-state index contributed by atoms with van der Waals surface area (Å²) in [5, 5.41) is 5.00. The van der Waals surface area contributed by atoms with Crippen molar-refractivity contribution in [1.82, 2.24) is 0 Å². The molecule has 140 valence electrons. The zero-order chi connectivity index (χ0) is 19.7. The maximum absolute atomic E-state index is 13.3. The lowest BCUT2D eigenvalue weighted by Crippen LogP contribution is -2.30. The van der Waals surface area contributed by atoms with Crippen molar-refractivity contribution in [2.75, 3.05) is 10.2 Å². The molecule has 1 aliphatic heterocycles. The molecule has 3 aromatic carbocycles. The standard InChI is InChI=1S/C22H15Cl3N2O/c23-15-7-9-18(10-8-15)26-20-13-21(14-3-1-4-16(24)11-14)27(22(20)28)19-6-2-5-17(25)12-19/h1-13,21,26H. The van der Waals surface area contributed by atoms with E-state index in [9.17, 15) is 4.79 Å². The fourth-order valence-corrected chi connectivity index (χ4v) is 3.69. The summed E-state index contributed by atoms with van der Waals surface area (Å²) in [4.78, 5) is 15.0. The molecule has 0 radical (unpaired) electrons. The molecular weight excluding hydrogens is 415 g/mol. The lowest BCUT2D eigenvalue weighted by Gasteiger charge is -2.25. The molecule has 1 unspecified atom stereocenters. The van der Waals surface area contributed by atoms with Crippen molar-refractivity contribution in [2.24, 2.45) is 0 Å². The molecule has 1 aliphatic rings. The van der Waals surface area contributed by atoms with Crippen LogP contribution in [0.5, 0.6) is 0 Å². The monoisotopic (exact) mass is 428 g/mol. The molecule has 3 nitrogen and oxygen atoms in total. The highest BCUT2D eigenvalue weighted by molar-refractivity contribution is 6.31. The molecule has 0 spiro atoms. The van der Waals surface area contributed by atoms with Crippen LogP contribution in [0.2, 0.25) is 15.1 Å². The second-order valence-corrected chi connectivity index (χ2v) is 7.68. The van der Waals surface area contributed by atoms with Crippen LogP contribution in [0.3, 0.4) is 0 Å². The number of rotatable bonds is 4. The fourth-order valence-electron chi connectivity index (χ4n) is 3.18. The Morgan fingerprint density at radius 1 is 0.786 bits per heavy atom. The number of benzene rings is 3. The molecule has 0 bridgehead atoms. The molecule has 1 heterocycles. The number of amides is 1. The van der Waals surface area contributed by atoms with Gasteiger partial charge in [0.15, 0.2) is 0 Å². The third-order valence-corrected chi connectivity index (χ3v) is 5.17. The predicted molar refractivity (Wildman–Crippen MR) is 116 cm³/mol. The smallest absolute Gasteiger partial charge is 0.275 e. The van der Waals surface area contributed by atoms with Gasteiger partial charge in [0.1, 0.15) is 5.70 Å². The zero-order valence-electron chi connectivity index (χ0n) is 14.6. The van der Waals surface area contributed by atoms with Crippen molar-refractivity contribution in [3.8, 4) is 0 Å². The Hall–Kier alpha value is -2.46. The second-order valence-electron chi connectivity index (χ2n) is 6.37. The van der Waals surface area contributed by atoms with Crippen LogP contribution >= 0.6 is 34.8 Å². The number of anilines is 2. The first kappa shape index (κ1) is 18.9. The molecular formula is C22H15Cl3N2O. The number of carbonyl (C=O) groups is 1. The maximum atomic E-state index is 13.3. The summed E-state index contributed by atoms with van der Waals surface area (Å²) in [5.74, 6) is -0.151. The van der Waals surface area contributed by atoms with Crippen molar-refractivity contribution < 1.29 is 4.79 Å². The van der Waals surface area contributed by atoms with Crippen molar-refractivity contribution in [3.63, 3.8) is 0 Å². The first-order valence-electron chi connectivity index (χ1n) is 8.60. The van der Waals surface area contributed by atoms with Crippen molar-refractivity contribution in [3.05, 3.63) is 105 Å². The molecule has 4 rings (SSSR count). The Balaban J connectivity index is 1.74. The van der Waals surface area contributed by atoms with Gasteiger partial charge in [0.05, 0.1) is 6.04 Å². The first-order valence-corrected chi connectivity index (χ1v) is 9.74. The van der Waals surface area contributed by atoms with Crippen LogP contribution in [0.25, 0.3) is 0 Å². The zero-order valence-corrected chi connectivity index (χ0v) is 16.8. The molecule has 6 heteroatoms. The molecule has 0 saturated heterocycles. The van der Waals surface area contributed by atoms with Crippen LogP contribution < -0.4 is 10.2 Å². The Morgan fingerprint density at radius 3 is 2.14 bits per heavy atom. The minimum Gasteiger partial charge on any atom is -0.351 e. The van der Waals surface area contributed by atoms with Crippen LogP contribution in [-0.2, 0) is 4.79 Å². The molecule has 1 N–H and O–H groups in total. The van der Waals surface area contributed by atoms with Gasteiger partial charge in [-0.05, 0) is 66.2 Å². The summed E-state index contributed by atoms with van der Waals surface area (Å²) >= 11 is 18.3. The number of nitrogens with zero attached hydrogens (tertiary/aromatic N) is 1. The van der Waals surface area contributed by atoms with Gasteiger partial charge in [0.2, 0.25) is 0 Å². The number of halogens is 3. The third kappa shape index (κ3) is 3.88. The van der Waals surface area contributed by atoms with E-state index in [2.05, 4.69) is 5.32 Å². The highest BCUT2D eigenvalue weighted by Crippen LogP contribution is 2.37. The summed E-state index contributed by atoms with van der Waals surface area (Å²) < 4.78 is 0. The minimum absolute atomic E-state index is 0.151. The quantitative estimate of drug-likeness (QED) is 0.498. The van der Waals surface area contributed by atoms with E-state index in [0.717, 1.165) is 11.3 Å². The second kappa shape index (κ2) is 7.88. The largest absolute Gasteiger partial charge is 0.351 e. The molecule has 1 amide bonds. The molecule has 0 aromatic heterocycles. The van der Waals surface area contributed by atoms with Crippen LogP contribution in [-0.4, -0.2) is 5.91 Å². The molecule has 28 heavy (non-hydrogen) atoms. The van der Waals surface area contributed by atoms with Gasteiger partial charge < -0.3 is 5.32 Å². The molecule has 1 atom stereocenters. The van der Waals surface area contributed by atoms with E-state index < -0.39 is 0 Å². The van der Waals surface area contributed by atoms with Crippen molar-refractivity contribution in [2.45, 2.75) is 6.04 Å². The van der Waals surface area contributed by atoms with Gasteiger partial charge >= 0.3 is 0 Å². The van der Waals surface area contributed by atoms with E-state index in [1.54, 1.807) is 29.2 Å². The fraction of sp³-hybridized carbons (Fsp3) is 0.0455. The predicted octanol–water partition coefficient (Wildman–Crippen LogP) is 6.73. The van der Waals surface area contributed by atoms with Gasteiger partial charge in [-0.1, -0.05) is 53.0 Å². The summed E-state index contributed by atoms with van der Waals surface area (Å²) in [6, 6.07) is 21.6. The van der Waals surface area contributed by atoms with Crippen molar-refractivity contribution in [1.29, 1.82) is 0 Å². The van der Waals surface area contributed by atoms with Gasteiger partial charge in [-0.3, -0.25) is 9.69 Å². The summed E-state index contributed by atoms with van der Waals surface area (Å²) in [6.07, 6.45) is 1.89.